The molecule has 6 nitrogen and oxygen atoms in total. The molecule has 1 atom stereocenters. The van der Waals surface area contributed by atoms with Gasteiger partial charge in [-0.1, -0.05) is 0 Å². The number of nitrogens with one attached hydrogen (secondary N) is 1. The van der Waals surface area contributed by atoms with Gasteiger partial charge in [0.25, 0.3) is 5.91 Å². The van der Waals surface area contributed by atoms with Gasteiger partial charge in [-0.05, 0) is 56.1 Å². The van der Waals surface area contributed by atoms with Crippen molar-refractivity contribution in [3.05, 3.63) is 36.7 Å². The summed E-state index contributed by atoms with van der Waals surface area (Å²) in [5.41, 5.74) is 1.97. The van der Waals surface area contributed by atoms with Gasteiger partial charge in [0, 0.05) is 37.9 Å². The standard InChI is InChI=1S/C19H25N4O2/c1-3-23(13-17-7-5-9-20-17)19(24)14-25-18-8-4-6-15(10-18)16-11-21-22(2)12-16/h6,8,10-12,17,20H,3,5,7,9,13-14H2,1-2H3/t17-/m1/s1. The summed E-state index contributed by atoms with van der Waals surface area (Å²) in [5, 5.41) is 7.61. The van der Waals surface area contributed by atoms with Gasteiger partial charge in [-0.3, -0.25) is 9.48 Å². The minimum absolute atomic E-state index is 0.0166. The highest BCUT2D eigenvalue weighted by molar-refractivity contribution is 5.78. The highest BCUT2D eigenvalue weighted by atomic mass is 16.5. The average molecular weight is 341 g/mol. The molecule has 0 bridgehead atoms. The Balaban J connectivity index is 1.57. The molecule has 6 heteroatoms. The molecule has 0 unspecified atom stereocenters. The van der Waals surface area contributed by atoms with Crippen molar-refractivity contribution in [3.63, 3.8) is 0 Å². The average Bonchev–Trinajstić information content (AvgIpc) is 3.29. The molecule has 1 amide bonds. The first-order valence-electron chi connectivity index (χ1n) is 8.80. The molecule has 2 aromatic rings. The molecule has 0 aliphatic carbocycles. The van der Waals surface area contributed by atoms with Crippen LogP contribution in [-0.2, 0) is 11.8 Å². The maximum absolute atomic E-state index is 12.4. The van der Waals surface area contributed by atoms with Gasteiger partial charge in [-0.25, -0.2) is 0 Å². The molecule has 25 heavy (non-hydrogen) atoms. The predicted octanol–water partition coefficient (Wildman–Crippen LogP) is 1.87. The zero-order chi connectivity index (χ0) is 17.6. The third-order valence-corrected chi connectivity index (χ3v) is 4.50. The topological polar surface area (TPSA) is 59.4 Å². The molecule has 1 aromatic carbocycles. The van der Waals surface area contributed by atoms with Crippen LogP contribution in [0.15, 0.2) is 30.6 Å². The van der Waals surface area contributed by atoms with Crippen LogP contribution in [0.4, 0.5) is 0 Å². The summed E-state index contributed by atoms with van der Waals surface area (Å²) in [7, 11) is 1.88. The molecular formula is C19H25N4O2. The molecule has 1 aliphatic heterocycles. The first kappa shape index (κ1) is 17.5. The van der Waals surface area contributed by atoms with Gasteiger partial charge in [0.1, 0.15) is 5.75 Å². The normalized spacial score (nSPS) is 16.8. The summed E-state index contributed by atoms with van der Waals surface area (Å²) in [6.45, 7) is 4.54. The van der Waals surface area contributed by atoms with Crippen molar-refractivity contribution in [2.24, 2.45) is 7.05 Å². The zero-order valence-corrected chi connectivity index (χ0v) is 14.9. The molecule has 2 heterocycles. The summed E-state index contributed by atoms with van der Waals surface area (Å²) in [6.07, 6.45) is 6.05. The summed E-state index contributed by atoms with van der Waals surface area (Å²) in [5.74, 6) is 0.660. The number of nitrogens with zero attached hydrogens (tertiary/aromatic N) is 3. The van der Waals surface area contributed by atoms with Crippen LogP contribution in [0.2, 0.25) is 0 Å². The van der Waals surface area contributed by atoms with E-state index in [1.807, 2.05) is 37.2 Å². The molecule has 1 saturated heterocycles. The van der Waals surface area contributed by atoms with Crippen LogP contribution in [0.5, 0.6) is 5.75 Å². The fourth-order valence-corrected chi connectivity index (χ4v) is 3.09. The first-order valence-corrected chi connectivity index (χ1v) is 8.80. The maximum Gasteiger partial charge on any atom is 0.260 e. The molecular weight excluding hydrogens is 316 g/mol. The Labute approximate surface area is 148 Å². The second-order valence-electron chi connectivity index (χ2n) is 6.37. The van der Waals surface area contributed by atoms with Crippen molar-refractivity contribution in [1.82, 2.24) is 20.0 Å². The lowest BCUT2D eigenvalue weighted by molar-refractivity contribution is -0.133. The largest absolute Gasteiger partial charge is 0.484 e. The van der Waals surface area contributed by atoms with Gasteiger partial charge in [-0.15, -0.1) is 0 Å². The number of likely N-dealkylation sites (N-methyl/N-ethyl adjacent to an activating group) is 1. The Bertz CT molecular complexity index is 707. The van der Waals surface area contributed by atoms with Gasteiger partial charge < -0.3 is 15.0 Å². The number of carbonyl (C=O) groups is 1. The second kappa shape index (κ2) is 8.16. The third-order valence-electron chi connectivity index (χ3n) is 4.50. The minimum Gasteiger partial charge on any atom is -0.484 e. The lowest BCUT2D eigenvalue weighted by atomic mass is 10.1. The van der Waals surface area contributed by atoms with Crippen molar-refractivity contribution in [1.29, 1.82) is 0 Å². The molecule has 3 rings (SSSR count). The van der Waals surface area contributed by atoms with Crippen LogP contribution in [0, 0.1) is 6.07 Å². The van der Waals surface area contributed by atoms with Crippen LogP contribution in [0.1, 0.15) is 19.8 Å². The Morgan fingerprint density at radius 1 is 1.48 bits per heavy atom. The summed E-state index contributed by atoms with van der Waals surface area (Å²) < 4.78 is 7.47. The molecule has 1 radical (unpaired) electrons. The SMILES string of the molecule is CCN(C[C@H]1CCCN1)C(=O)COc1c[c]cc(-c2cnn(C)c2)c1. The van der Waals surface area contributed by atoms with Gasteiger partial charge in [-0.2, -0.15) is 5.10 Å². The summed E-state index contributed by atoms with van der Waals surface area (Å²) in [6, 6.07) is 9.02. The van der Waals surface area contributed by atoms with E-state index in [9.17, 15) is 4.79 Å². The van der Waals surface area contributed by atoms with Gasteiger partial charge in [0.2, 0.25) is 0 Å². The van der Waals surface area contributed by atoms with Crippen molar-refractivity contribution < 1.29 is 9.53 Å². The van der Waals surface area contributed by atoms with E-state index < -0.39 is 0 Å². The molecule has 1 fully saturated rings. The van der Waals surface area contributed by atoms with Gasteiger partial charge >= 0.3 is 0 Å². The maximum atomic E-state index is 12.4. The van der Waals surface area contributed by atoms with Crippen molar-refractivity contribution in [2.45, 2.75) is 25.8 Å². The monoisotopic (exact) mass is 341 g/mol. The number of aromatic nitrogens is 2. The van der Waals surface area contributed by atoms with E-state index in [0.29, 0.717) is 18.3 Å². The minimum atomic E-state index is 0.0166. The second-order valence-corrected chi connectivity index (χ2v) is 6.37. The number of aryl methyl sites for hydroxylation is 1. The van der Waals surface area contributed by atoms with E-state index in [2.05, 4.69) is 16.5 Å². The first-order chi connectivity index (χ1) is 12.2. The predicted molar refractivity (Wildman–Crippen MR) is 96.3 cm³/mol. The third kappa shape index (κ3) is 4.60. The number of amides is 1. The number of ether oxygens (including phenoxy) is 1. The quantitative estimate of drug-likeness (QED) is 0.835. The Hall–Kier alpha value is -2.34. The van der Waals surface area contributed by atoms with Crippen LogP contribution in [0.25, 0.3) is 11.1 Å². The van der Waals surface area contributed by atoms with E-state index in [1.54, 1.807) is 16.9 Å². The van der Waals surface area contributed by atoms with Crippen molar-refractivity contribution in [3.8, 4) is 16.9 Å². The van der Waals surface area contributed by atoms with E-state index in [-0.39, 0.29) is 12.5 Å². The fourth-order valence-electron chi connectivity index (χ4n) is 3.09. The molecule has 1 N–H and O–H groups in total. The van der Waals surface area contributed by atoms with Gasteiger partial charge in [0.15, 0.2) is 6.61 Å². The molecule has 0 saturated carbocycles. The zero-order valence-electron chi connectivity index (χ0n) is 14.9. The fraction of sp³-hybridized carbons (Fsp3) is 0.474. The molecule has 1 aromatic heterocycles. The van der Waals surface area contributed by atoms with E-state index in [1.165, 1.54) is 6.42 Å². The van der Waals surface area contributed by atoms with E-state index >= 15 is 0 Å². The number of hydrogen-bond donors (Lipinski definition) is 1. The molecule has 0 spiro atoms. The lowest BCUT2D eigenvalue weighted by Gasteiger charge is -2.24. The van der Waals surface area contributed by atoms with Crippen LogP contribution in [-0.4, -0.2) is 52.9 Å². The highest BCUT2D eigenvalue weighted by Gasteiger charge is 2.20. The Morgan fingerprint density at radius 3 is 3.04 bits per heavy atom. The van der Waals surface area contributed by atoms with Gasteiger partial charge in [0.05, 0.1) is 6.20 Å². The Kier molecular flexibility index (Phi) is 5.71. The van der Waals surface area contributed by atoms with Crippen LogP contribution < -0.4 is 10.1 Å². The van der Waals surface area contributed by atoms with E-state index in [4.69, 9.17) is 4.74 Å². The number of rotatable bonds is 7. The smallest absolute Gasteiger partial charge is 0.260 e. The molecule has 133 valence electrons. The van der Waals surface area contributed by atoms with Crippen molar-refractivity contribution in [2.75, 3.05) is 26.2 Å². The van der Waals surface area contributed by atoms with E-state index in [0.717, 1.165) is 30.6 Å². The number of benzene rings is 1. The molecule has 1 aliphatic rings. The van der Waals surface area contributed by atoms with Crippen LogP contribution in [0.3, 0.4) is 0 Å². The lowest BCUT2D eigenvalue weighted by Crippen LogP contribution is -2.42. The Morgan fingerprint density at radius 2 is 2.36 bits per heavy atom. The summed E-state index contributed by atoms with van der Waals surface area (Å²) in [4.78, 5) is 14.3. The number of hydrogen-bond acceptors (Lipinski definition) is 4. The van der Waals surface area contributed by atoms with Crippen LogP contribution >= 0.6 is 0 Å². The number of carbonyl (C=O) groups excluding carboxylic acids is 1. The van der Waals surface area contributed by atoms with Crippen molar-refractivity contribution >= 4 is 5.91 Å². The highest BCUT2D eigenvalue weighted by Crippen LogP contribution is 2.23. The summed E-state index contributed by atoms with van der Waals surface area (Å²) >= 11 is 0.